The number of nitrogens with zero attached hydrogens (tertiary/aromatic N) is 2. The van der Waals surface area contributed by atoms with Crippen LogP contribution in [0, 0.1) is 5.92 Å². The fraction of sp³-hybridized carbons (Fsp3) is 0.367. The van der Waals surface area contributed by atoms with Crippen molar-refractivity contribution in [3.8, 4) is 11.5 Å². The van der Waals surface area contributed by atoms with E-state index in [9.17, 15) is 31.4 Å². The molecule has 12 heteroatoms. The summed E-state index contributed by atoms with van der Waals surface area (Å²) in [7, 11) is 0. The molecule has 0 unspecified atom stereocenters. The Labute approximate surface area is 237 Å². The van der Waals surface area contributed by atoms with E-state index in [2.05, 4.69) is 19.4 Å². The van der Waals surface area contributed by atoms with Gasteiger partial charge in [-0.3, -0.25) is 4.90 Å². The summed E-state index contributed by atoms with van der Waals surface area (Å²) in [5.41, 5.74) is 1.44. The van der Waals surface area contributed by atoms with Crippen molar-refractivity contribution >= 4 is 11.1 Å². The highest BCUT2D eigenvalue weighted by molar-refractivity contribution is 5.73. The molecule has 1 aromatic heterocycles. The van der Waals surface area contributed by atoms with Crippen molar-refractivity contribution in [2.45, 2.75) is 51.1 Å². The van der Waals surface area contributed by atoms with Crippen molar-refractivity contribution in [1.29, 1.82) is 0 Å². The highest BCUT2D eigenvalue weighted by Crippen LogP contribution is 2.43. The van der Waals surface area contributed by atoms with E-state index >= 15 is 0 Å². The van der Waals surface area contributed by atoms with Crippen molar-refractivity contribution in [3.05, 3.63) is 89.3 Å². The molecule has 2 heterocycles. The zero-order chi connectivity index (χ0) is 30.1. The van der Waals surface area contributed by atoms with Crippen LogP contribution < -0.4 is 9.47 Å². The molecule has 1 saturated heterocycles. The number of aliphatic hydroxyl groups is 1. The van der Waals surface area contributed by atoms with E-state index < -0.39 is 29.8 Å². The molecule has 1 N–H and O–H groups in total. The van der Waals surface area contributed by atoms with Crippen LogP contribution in [-0.2, 0) is 18.6 Å². The zero-order valence-electron chi connectivity index (χ0n) is 22.5. The lowest BCUT2D eigenvalue weighted by Gasteiger charge is -2.42. The number of ether oxygens (including phenoxy) is 2. The largest absolute Gasteiger partial charge is 0.573 e. The van der Waals surface area contributed by atoms with E-state index in [1.54, 1.807) is 0 Å². The lowest BCUT2D eigenvalue weighted by Crippen LogP contribution is -2.44. The molecule has 3 aromatic carbocycles. The van der Waals surface area contributed by atoms with Gasteiger partial charge >= 0.3 is 12.7 Å². The normalized spacial score (nSPS) is 15.7. The topological polar surface area (TPSA) is 68.0 Å². The first-order chi connectivity index (χ1) is 19.8. The van der Waals surface area contributed by atoms with Crippen molar-refractivity contribution in [3.63, 3.8) is 0 Å². The number of aryl methyl sites for hydroxylation is 1. The minimum Gasteiger partial charge on any atom is -0.441 e. The number of halogens is 6. The van der Waals surface area contributed by atoms with Crippen LogP contribution >= 0.6 is 0 Å². The quantitative estimate of drug-likeness (QED) is 0.216. The Hall–Kier alpha value is -3.77. The van der Waals surface area contributed by atoms with Gasteiger partial charge < -0.3 is 19.0 Å². The minimum absolute atomic E-state index is 0.295. The third kappa shape index (κ3) is 6.81. The molecule has 1 aliphatic heterocycles. The molecular formula is C30H28F6N2O4. The molecule has 0 aliphatic carbocycles. The van der Waals surface area contributed by atoms with E-state index in [0.29, 0.717) is 55.9 Å². The summed E-state index contributed by atoms with van der Waals surface area (Å²) >= 11 is 0. The number of fused-ring (bicyclic) bond motifs is 1. The summed E-state index contributed by atoms with van der Waals surface area (Å²) in [6.45, 7) is 3.82. The molecule has 0 atom stereocenters. The summed E-state index contributed by atoms with van der Waals surface area (Å²) in [5, 5.41) is 12.2. The first kappa shape index (κ1) is 29.7. The number of hydrogen-bond acceptors (Lipinski definition) is 6. The Kier molecular flexibility index (Phi) is 8.13. The van der Waals surface area contributed by atoms with Gasteiger partial charge in [-0.05, 0) is 84.9 Å². The second kappa shape index (κ2) is 11.5. The van der Waals surface area contributed by atoms with Crippen molar-refractivity contribution in [1.82, 2.24) is 9.88 Å². The highest BCUT2D eigenvalue weighted by Gasteiger charge is 2.42. The molecule has 0 saturated carbocycles. The van der Waals surface area contributed by atoms with E-state index in [1.807, 2.05) is 25.1 Å². The van der Waals surface area contributed by atoms with Crippen LogP contribution in [0.1, 0.15) is 42.3 Å². The number of oxazole rings is 1. The van der Waals surface area contributed by atoms with Gasteiger partial charge in [-0.15, -0.1) is 26.3 Å². The Morgan fingerprint density at radius 3 is 1.83 bits per heavy atom. The number of hydrogen-bond donors (Lipinski definition) is 1. The molecular weight excluding hydrogens is 566 g/mol. The second-order valence-electron chi connectivity index (χ2n) is 10.2. The molecule has 0 radical (unpaired) electrons. The maximum atomic E-state index is 12.7. The fourth-order valence-corrected chi connectivity index (χ4v) is 5.50. The fourth-order valence-electron chi connectivity index (χ4n) is 5.50. The number of benzene rings is 3. The molecule has 0 spiro atoms. The van der Waals surface area contributed by atoms with Crippen LogP contribution in [-0.4, -0.2) is 40.8 Å². The van der Waals surface area contributed by atoms with Gasteiger partial charge in [-0.2, -0.15) is 0 Å². The van der Waals surface area contributed by atoms with Crippen LogP contribution in [0.3, 0.4) is 0 Å². The summed E-state index contributed by atoms with van der Waals surface area (Å²) < 4.78 is 89.8. The molecule has 1 fully saturated rings. The van der Waals surface area contributed by atoms with Gasteiger partial charge in [0.2, 0.25) is 0 Å². The molecule has 224 valence electrons. The van der Waals surface area contributed by atoms with Gasteiger partial charge in [0.1, 0.15) is 22.6 Å². The molecule has 6 nitrogen and oxygen atoms in total. The van der Waals surface area contributed by atoms with Crippen LogP contribution in [0.5, 0.6) is 11.5 Å². The first-order valence-electron chi connectivity index (χ1n) is 13.4. The monoisotopic (exact) mass is 594 g/mol. The number of alkyl halides is 6. The third-order valence-electron chi connectivity index (χ3n) is 7.44. The Balaban J connectivity index is 1.36. The predicted molar refractivity (Wildman–Crippen MR) is 141 cm³/mol. The van der Waals surface area contributed by atoms with Crippen LogP contribution in [0.15, 0.2) is 71.1 Å². The highest BCUT2D eigenvalue weighted by atomic mass is 19.4. The Bertz CT molecular complexity index is 1430. The third-order valence-corrected chi connectivity index (χ3v) is 7.44. The number of likely N-dealkylation sites (tertiary alicyclic amines) is 1. The molecule has 42 heavy (non-hydrogen) atoms. The molecule has 1 aliphatic rings. The number of rotatable bonds is 8. The maximum absolute atomic E-state index is 12.7. The standard InChI is InChI=1S/C30H28F6N2O4/c1-2-27-37-25-17-19(3-12-26(25)40-27)18-38-15-13-22(14-16-38)28(39,20-4-8-23(9-5-20)41-29(31,32)33)21-6-10-24(11-7-21)42-30(34,35)36/h3-12,17,22,39H,2,13-16,18H2,1H3. The van der Waals surface area contributed by atoms with Gasteiger partial charge in [0, 0.05) is 13.0 Å². The van der Waals surface area contributed by atoms with Crippen molar-refractivity contribution in [2.24, 2.45) is 5.92 Å². The van der Waals surface area contributed by atoms with Gasteiger partial charge in [-0.25, -0.2) is 4.98 Å². The first-order valence-corrected chi connectivity index (χ1v) is 13.4. The summed E-state index contributed by atoms with van der Waals surface area (Å²) in [6, 6.07) is 15.6. The molecule has 4 aromatic rings. The zero-order valence-corrected chi connectivity index (χ0v) is 22.5. The smallest absolute Gasteiger partial charge is 0.441 e. The van der Waals surface area contributed by atoms with Crippen LogP contribution in [0.25, 0.3) is 11.1 Å². The van der Waals surface area contributed by atoms with E-state index in [1.165, 1.54) is 24.3 Å². The lowest BCUT2D eigenvalue weighted by molar-refractivity contribution is -0.275. The van der Waals surface area contributed by atoms with Crippen molar-refractivity contribution < 1.29 is 45.3 Å². The number of aromatic nitrogens is 1. The molecule has 0 amide bonds. The summed E-state index contributed by atoms with van der Waals surface area (Å²) in [6.07, 6.45) is -8.03. The van der Waals surface area contributed by atoms with E-state index in [0.717, 1.165) is 40.9 Å². The van der Waals surface area contributed by atoms with Gasteiger partial charge in [0.15, 0.2) is 11.5 Å². The van der Waals surface area contributed by atoms with Crippen LogP contribution in [0.4, 0.5) is 26.3 Å². The number of piperidine rings is 1. The lowest BCUT2D eigenvalue weighted by atomic mass is 9.72. The molecule has 0 bridgehead atoms. The maximum Gasteiger partial charge on any atom is 0.573 e. The summed E-state index contributed by atoms with van der Waals surface area (Å²) in [4.78, 5) is 6.71. The SMILES string of the molecule is CCc1nc2cc(CN3CCC(C(O)(c4ccc(OC(F)(F)F)cc4)c4ccc(OC(F)(F)F)cc4)CC3)ccc2o1. The second-order valence-corrected chi connectivity index (χ2v) is 10.2. The predicted octanol–water partition coefficient (Wildman–Crippen LogP) is 7.34. The summed E-state index contributed by atoms with van der Waals surface area (Å²) in [5.74, 6) is -0.624. The molecule has 5 rings (SSSR count). The van der Waals surface area contributed by atoms with E-state index in [4.69, 9.17) is 4.42 Å². The van der Waals surface area contributed by atoms with Gasteiger partial charge in [-0.1, -0.05) is 37.3 Å². The van der Waals surface area contributed by atoms with E-state index in [-0.39, 0.29) is 5.92 Å². The minimum atomic E-state index is -4.88. The van der Waals surface area contributed by atoms with Crippen LogP contribution in [0.2, 0.25) is 0 Å². The average molecular weight is 595 g/mol. The Morgan fingerprint density at radius 2 is 1.36 bits per heavy atom. The van der Waals surface area contributed by atoms with Gasteiger partial charge in [0.25, 0.3) is 0 Å². The Morgan fingerprint density at radius 1 is 0.833 bits per heavy atom. The van der Waals surface area contributed by atoms with Gasteiger partial charge in [0.05, 0.1) is 0 Å². The average Bonchev–Trinajstić information content (AvgIpc) is 3.35. The van der Waals surface area contributed by atoms with Crippen molar-refractivity contribution in [2.75, 3.05) is 13.1 Å².